The van der Waals surface area contributed by atoms with Gasteiger partial charge >= 0.3 is 0 Å². The van der Waals surface area contributed by atoms with Crippen LogP contribution in [0.4, 0.5) is 15.8 Å². The predicted molar refractivity (Wildman–Crippen MR) is 136 cm³/mol. The van der Waals surface area contributed by atoms with Crippen molar-refractivity contribution < 1.29 is 23.5 Å². The van der Waals surface area contributed by atoms with Crippen molar-refractivity contribution >= 4 is 23.2 Å². The molecule has 0 aromatic heterocycles. The fraction of sp³-hybridized carbons (Fsp3) is 0.286. The third-order valence-electron chi connectivity index (χ3n) is 6.18. The molecule has 1 atom stereocenters. The maximum atomic E-state index is 13.1. The molecular weight excluding hydrogens is 461 g/mol. The number of benzene rings is 3. The van der Waals surface area contributed by atoms with Crippen molar-refractivity contribution in [2.24, 2.45) is 5.92 Å². The van der Waals surface area contributed by atoms with Crippen LogP contribution in [0.25, 0.3) is 0 Å². The smallest absolute Gasteiger partial charge is 0.243 e. The summed E-state index contributed by atoms with van der Waals surface area (Å²) in [5, 5.41) is 0. The van der Waals surface area contributed by atoms with Gasteiger partial charge in [0, 0.05) is 24.7 Å². The molecule has 1 aliphatic rings. The second-order valence-electron chi connectivity index (χ2n) is 8.80. The number of nitrogens with one attached hydrogen (secondary N) is 2. The second kappa shape index (κ2) is 11.1. The van der Waals surface area contributed by atoms with E-state index in [1.54, 1.807) is 35.2 Å². The van der Waals surface area contributed by atoms with Gasteiger partial charge in [-0.2, -0.15) is 0 Å². The minimum absolute atomic E-state index is 0.0697. The van der Waals surface area contributed by atoms with Crippen LogP contribution < -0.4 is 25.2 Å². The SMILES string of the molecule is CCOc1cc(NNC(=O)[C@H]2CC(=O)N(c3ccc(C)c(C)c3)C2)ccc1OCc1ccc(F)cc1. The number of rotatable bonds is 9. The van der Waals surface area contributed by atoms with Crippen LogP contribution in [0.2, 0.25) is 0 Å². The monoisotopic (exact) mass is 491 g/mol. The van der Waals surface area contributed by atoms with Gasteiger partial charge in [0.25, 0.3) is 0 Å². The highest BCUT2D eigenvalue weighted by molar-refractivity contribution is 6.00. The Hall–Kier alpha value is -4.07. The highest BCUT2D eigenvalue weighted by Gasteiger charge is 2.35. The minimum atomic E-state index is -0.462. The molecule has 2 amide bonds. The molecule has 8 heteroatoms. The van der Waals surface area contributed by atoms with E-state index in [1.165, 1.54) is 12.1 Å². The van der Waals surface area contributed by atoms with Crippen molar-refractivity contribution in [3.8, 4) is 11.5 Å². The van der Waals surface area contributed by atoms with Gasteiger partial charge in [0.2, 0.25) is 11.8 Å². The highest BCUT2D eigenvalue weighted by atomic mass is 19.1. The molecule has 3 aromatic rings. The van der Waals surface area contributed by atoms with E-state index in [4.69, 9.17) is 9.47 Å². The Kier molecular flexibility index (Phi) is 7.73. The Morgan fingerprint density at radius 3 is 2.50 bits per heavy atom. The van der Waals surface area contributed by atoms with Crippen LogP contribution in [0.3, 0.4) is 0 Å². The van der Waals surface area contributed by atoms with Gasteiger partial charge in [0.05, 0.1) is 18.2 Å². The third kappa shape index (κ3) is 5.94. The van der Waals surface area contributed by atoms with E-state index in [9.17, 15) is 14.0 Å². The van der Waals surface area contributed by atoms with E-state index in [1.807, 2.05) is 39.0 Å². The molecule has 0 spiro atoms. The first kappa shape index (κ1) is 25.0. The molecule has 36 heavy (non-hydrogen) atoms. The number of ether oxygens (including phenoxy) is 2. The number of hydrogen-bond donors (Lipinski definition) is 2. The maximum absolute atomic E-state index is 13.1. The lowest BCUT2D eigenvalue weighted by atomic mass is 10.1. The first-order chi connectivity index (χ1) is 17.3. The average Bonchev–Trinajstić information content (AvgIpc) is 3.26. The number of carbonyl (C=O) groups is 2. The standard InChI is InChI=1S/C28H30FN3O4/c1-4-35-26-15-23(10-12-25(26)36-17-20-6-8-22(29)9-7-20)30-31-28(34)21-14-27(33)32(16-21)24-11-5-18(2)19(3)13-24/h5-13,15,21,30H,4,14,16-17H2,1-3H3,(H,31,34)/t21-/m0/s1. The zero-order valence-corrected chi connectivity index (χ0v) is 20.6. The Morgan fingerprint density at radius 2 is 1.78 bits per heavy atom. The Labute approximate surface area is 210 Å². The number of amides is 2. The molecule has 4 rings (SSSR count). The van der Waals surface area contributed by atoms with Gasteiger partial charge in [-0.05, 0) is 73.9 Å². The van der Waals surface area contributed by atoms with Crippen molar-refractivity contribution in [3.63, 3.8) is 0 Å². The van der Waals surface area contributed by atoms with Crippen LogP contribution in [0.15, 0.2) is 60.7 Å². The van der Waals surface area contributed by atoms with Gasteiger partial charge in [-0.25, -0.2) is 4.39 Å². The quantitative estimate of drug-likeness (QED) is 0.416. The van der Waals surface area contributed by atoms with E-state index in [0.29, 0.717) is 30.3 Å². The number of anilines is 2. The summed E-state index contributed by atoms with van der Waals surface area (Å²) in [7, 11) is 0. The van der Waals surface area contributed by atoms with Gasteiger partial charge < -0.3 is 14.4 Å². The van der Waals surface area contributed by atoms with Gasteiger partial charge in [-0.15, -0.1) is 0 Å². The van der Waals surface area contributed by atoms with Crippen molar-refractivity contribution in [1.82, 2.24) is 5.43 Å². The van der Waals surface area contributed by atoms with Gasteiger partial charge in [-0.3, -0.25) is 20.4 Å². The topological polar surface area (TPSA) is 79.9 Å². The fourth-order valence-electron chi connectivity index (χ4n) is 3.98. The first-order valence-corrected chi connectivity index (χ1v) is 11.9. The molecule has 0 saturated carbocycles. The molecule has 0 radical (unpaired) electrons. The Bertz CT molecular complexity index is 1250. The van der Waals surface area contributed by atoms with Crippen LogP contribution in [-0.2, 0) is 16.2 Å². The van der Waals surface area contributed by atoms with E-state index in [2.05, 4.69) is 10.9 Å². The molecule has 188 valence electrons. The zero-order valence-electron chi connectivity index (χ0n) is 20.6. The Balaban J connectivity index is 1.35. The van der Waals surface area contributed by atoms with Gasteiger partial charge in [-0.1, -0.05) is 18.2 Å². The molecule has 1 fully saturated rings. The molecule has 0 aliphatic carbocycles. The lowest BCUT2D eigenvalue weighted by molar-refractivity contribution is -0.125. The molecule has 1 aliphatic heterocycles. The van der Waals surface area contributed by atoms with Crippen LogP contribution in [0.1, 0.15) is 30.0 Å². The van der Waals surface area contributed by atoms with Crippen LogP contribution in [-0.4, -0.2) is 25.0 Å². The number of hydrazine groups is 1. The summed E-state index contributed by atoms with van der Waals surface area (Å²) < 4.78 is 24.7. The average molecular weight is 492 g/mol. The number of halogens is 1. The summed E-state index contributed by atoms with van der Waals surface area (Å²) in [6.07, 6.45) is 0.154. The fourth-order valence-corrected chi connectivity index (χ4v) is 3.98. The van der Waals surface area contributed by atoms with Crippen LogP contribution >= 0.6 is 0 Å². The van der Waals surface area contributed by atoms with E-state index >= 15 is 0 Å². The van der Waals surface area contributed by atoms with Crippen molar-refractivity contribution in [3.05, 3.63) is 83.2 Å². The second-order valence-corrected chi connectivity index (χ2v) is 8.80. The molecule has 1 heterocycles. The molecule has 3 aromatic carbocycles. The summed E-state index contributed by atoms with van der Waals surface area (Å²) in [6, 6.07) is 17.2. The lowest BCUT2D eigenvalue weighted by Gasteiger charge is -2.18. The van der Waals surface area contributed by atoms with E-state index in [0.717, 1.165) is 22.4 Å². The van der Waals surface area contributed by atoms with Gasteiger partial charge in [0.15, 0.2) is 11.5 Å². The van der Waals surface area contributed by atoms with Gasteiger partial charge in [0.1, 0.15) is 12.4 Å². The number of aryl methyl sites for hydroxylation is 2. The normalized spacial score (nSPS) is 15.1. The first-order valence-electron chi connectivity index (χ1n) is 11.9. The van der Waals surface area contributed by atoms with E-state index < -0.39 is 5.92 Å². The molecule has 0 bridgehead atoms. The number of carbonyl (C=O) groups excluding carboxylic acids is 2. The molecular formula is C28H30FN3O4. The highest BCUT2D eigenvalue weighted by Crippen LogP contribution is 2.31. The van der Waals surface area contributed by atoms with Crippen molar-refractivity contribution in [1.29, 1.82) is 0 Å². The summed E-state index contributed by atoms with van der Waals surface area (Å²) in [4.78, 5) is 27.0. The summed E-state index contributed by atoms with van der Waals surface area (Å²) in [5.74, 6) is -0.0503. The zero-order chi connectivity index (χ0) is 25.7. The molecule has 7 nitrogen and oxygen atoms in total. The van der Waals surface area contributed by atoms with E-state index in [-0.39, 0.29) is 30.7 Å². The van der Waals surface area contributed by atoms with Crippen LogP contribution in [0.5, 0.6) is 11.5 Å². The number of nitrogens with zero attached hydrogens (tertiary/aromatic N) is 1. The Morgan fingerprint density at radius 1 is 1.00 bits per heavy atom. The van der Waals surface area contributed by atoms with Crippen molar-refractivity contribution in [2.75, 3.05) is 23.5 Å². The summed E-state index contributed by atoms with van der Waals surface area (Å²) >= 11 is 0. The lowest BCUT2D eigenvalue weighted by Crippen LogP contribution is -2.36. The summed E-state index contributed by atoms with van der Waals surface area (Å²) in [5.41, 5.74) is 10.1. The van der Waals surface area contributed by atoms with Crippen LogP contribution in [0, 0.1) is 25.6 Å². The predicted octanol–water partition coefficient (Wildman–Crippen LogP) is 4.92. The molecule has 2 N–H and O–H groups in total. The number of hydrogen-bond acceptors (Lipinski definition) is 5. The molecule has 0 unspecified atom stereocenters. The van der Waals surface area contributed by atoms with Crippen molar-refractivity contribution in [2.45, 2.75) is 33.8 Å². The molecule has 1 saturated heterocycles. The maximum Gasteiger partial charge on any atom is 0.243 e. The largest absolute Gasteiger partial charge is 0.490 e. The minimum Gasteiger partial charge on any atom is -0.490 e. The third-order valence-corrected chi connectivity index (χ3v) is 6.18. The summed E-state index contributed by atoms with van der Waals surface area (Å²) in [6.45, 7) is 6.91.